The summed E-state index contributed by atoms with van der Waals surface area (Å²) in [5, 5.41) is 15.6. The van der Waals surface area contributed by atoms with Gasteiger partial charge in [-0.15, -0.1) is 0 Å². The van der Waals surface area contributed by atoms with Crippen LogP contribution in [0.3, 0.4) is 0 Å². The lowest BCUT2D eigenvalue weighted by molar-refractivity contribution is -0.136. The molecule has 0 aliphatic rings. The minimum absolute atomic E-state index is 0.00689. The van der Waals surface area contributed by atoms with Crippen LogP contribution in [-0.2, 0) is 9.59 Å². The average Bonchev–Trinajstić information content (AvgIpc) is 2.58. The summed E-state index contributed by atoms with van der Waals surface area (Å²) < 4.78 is 5.82. The van der Waals surface area contributed by atoms with Crippen LogP contribution in [0.25, 0.3) is 0 Å². The third-order valence-electron chi connectivity index (χ3n) is 2.89. The highest BCUT2D eigenvalue weighted by Crippen LogP contribution is 2.25. The van der Waals surface area contributed by atoms with E-state index in [2.05, 4.69) is 31.8 Å². The van der Waals surface area contributed by atoms with Crippen LogP contribution in [0.15, 0.2) is 52.0 Å². The number of nitrogens with one attached hydrogen (secondary N) is 2. The Bertz CT molecular complexity index is 775. The van der Waals surface area contributed by atoms with E-state index in [1.165, 1.54) is 25.5 Å². The Morgan fingerprint density at radius 1 is 1.17 bits per heavy atom. The molecule has 0 aliphatic heterocycles. The van der Waals surface area contributed by atoms with Gasteiger partial charge in [-0.2, -0.15) is 5.10 Å². The topological polar surface area (TPSA) is 100 Å². The summed E-state index contributed by atoms with van der Waals surface area (Å²) >= 11 is 3.28. The molecule has 24 heavy (non-hydrogen) atoms. The number of ether oxygens (including phenoxy) is 1. The first-order valence-corrected chi connectivity index (χ1v) is 7.56. The maximum Gasteiger partial charge on any atom is 0.329 e. The van der Waals surface area contributed by atoms with E-state index in [4.69, 9.17) is 4.74 Å². The van der Waals surface area contributed by atoms with E-state index in [1.807, 2.05) is 0 Å². The Morgan fingerprint density at radius 2 is 1.88 bits per heavy atom. The summed E-state index contributed by atoms with van der Waals surface area (Å²) in [6.07, 6.45) is 1.33. The predicted octanol–water partition coefficient (Wildman–Crippen LogP) is 2.25. The fourth-order valence-corrected chi connectivity index (χ4v) is 1.98. The van der Waals surface area contributed by atoms with Crippen molar-refractivity contribution in [1.29, 1.82) is 0 Å². The van der Waals surface area contributed by atoms with Gasteiger partial charge in [0, 0.05) is 10.2 Å². The molecule has 2 rings (SSSR count). The zero-order valence-electron chi connectivity index (χ0n) is 12.6. The normalized spacial score (nSPS) is 10.4. The molecule has 2 aromatic rings. The second kappa shape index (κ2) is 8.11. The monoisotopic (exact) mass is 391 g/mol. The fraction of sp³-hybridized carbons (Fsp3) is 0.0625. The number of methoxy groups -OCH3 is 1. The molecule has 124 valence electrons. The summed E-state index contributed by atoms with van der Waals surface area (Å²) in [4.78, 5) is 23.4. The van der Waals surface area contributed by atoms with Gasteiger partial charge in [-0.1, -0.05) is 15.9 Å². The van der Waals surface area contributed by atoms with Gasteiger partial charge >= 0.3 is 11.8 Å². The van der Waals surface area contributed by atoms with Gasteiger partial charge in [0.2, 0.25) is 0 Å². The van der Waals surface area contributed by atoms with Crippen molar-refractivity contribution in [3.05, 3.63) is 52.5 Å². The van der Waals surface area contributed by atoms with E-state index < -0.39 is 11.8 Å². The number of halogens is 1. The number of rotatable bonds is 4. The molecule has 3 N–H and O–H groups in total. The van der Waals surface area contributed by atoms with Crippen molar-refractivity contribution >= 4 is 39.6 Å². The molecule has 2 amide bonds. The molecule has 0 unspecified atom stereocenters. The van der Waals surface area contributed by atoms with Crippen LogP contribution in [-0.4, -0.2) is 30.2 Å². The van der Waals surface area contributed by atoms with Gasteiger partial charge in [0.25, 0.3) is 0 Å². The maximum absolute atomic E-state index is 11.7. The van der Waals surface area contributed by atoms with E-state index >= 15 is 0 Å². The van der Waals surface area contributed by atoms with Crippen LogP contribution in [0.1, 0.15) is 5.56 Å². The van der Waals surface area contributed by atoms with Crippen LogP contribution in [0.2, 0.25) is 0 Å². The number of hydrazone groups is 1. The molecule has 0 atom stereocenters. The largest absolute Gasteiger partial charge is 0.504 e. The van der Waals surface area contributed by atoms with Crippen LogP contribution < -0.4 is 15.5 Å². The average molecular weight is 392 g/mol. The van der Waals surface area contributed by atoms with Crippen LogP contribution in [0, 0.1) is 0 Å². The minimum atomic E-state index is -0.903. The number of carbonyl (C=O) groups is 2. The van der Waals surface area contributed by atoms with Gasteiger partial charge in [-0.25, -0.2) is 5.43 Å². The molecule has 0 saturated heterocycles. The summed E-state index contributed by atoms with van der Waals surface area (Å²) in [6, 6.07) is 11.3. The second-order valence-corrected chi connectivity index (χ2v) is 5.51. The lowest BCUT2D eigenvalue weighted by atomic mass is 10.2. The Labute approximate surface area is 146 Å². The van der Waals surface area contributed by atoms with Crippen molar-refractivity contribution in [3.63, 3.8) is 0 Å². The number of hydrogen-bond acceptors (Lipinski definition) is 5. The first-order chi connectivity index (χ1) is 11.5. The van der Waals surface area contributed by atoms with Gasteiger partial charge in [-0.05, 0) is 48.0 Å². The number of amides is 2. The lowest BCUT2D eigenvalue weighted by Crippen LogP contribution is -2.32. The Balaban J connectivity index is 1.92. The molecule has 0 fully saturated rings. The first kappa shape index (κ1) is 17.5. The van der Waals surface area contributed by atoms with Gasteiger partial charge in [0.15, 0.2) is 11.5 Å². The fourth-order valence-electron chi connectivity index (χ4n) is 1.71. The molecule has 0 heterocycles. The second-order valence-electron chi connectivity index (χ2n) is 4.59. The van der Waals surface area contributed by atoms with E-state index in [-0.39, 0.29) is 11.5 Å². The van der Waals surface area contributed by atoms with E-state index in [0.29, 0.717) is 11.3 Å². The van der Waals surface area contributed by atoms with Crippen molar-refractivity contribution in [2.24, 2.45) is 5.10 Å². The summed E-state index contributed by atoms with van der Waals surface area (Å²) in [5.41, 5.74) is 3.19. The molecule has 0 saturated carbocycles. The van der Waals surface area contributed by atoms with Crippen molar-refractivity contribution < 1.29 is 19.4 Å². The molecule has 0 aromatic heterocycles. The lowest BCUT2D eigenvalue weighted by Gasteiger charge is -2.04. The number of phenolic OH excluding ortho intramolecular Hbond substituents is 1. The SMILES string of the molecule is COc1cc(C=NNC(=O)C(=O)Nc2ccc(Br)cc2)ccc1O. The highest BCUT2D eigenvalue weighted by atomic mass is 79.9. The quantitative estimate of drug-likeness (QED) is 0.422. The van der Waals surface area contributed by atoms with Crippen molar-refractivity contribution in [3.8, 4) is 11.5 Å². The van der Waals surface area contributed by atoms with Crippen LogP contribution in [0.4, 0.5) is 5.69 Å². The Morgan fingerprint density at radius 3 is 2.54 bits per heavy atom. The van der Waals surface area contributed by atoms with Crippen molar-refractivity contribution in [2.45, 2.75) is 0 Å². The van der Waals surface area contributed by atoms with Gasteiger partial charge in [-0.3, -0.25) is 9.59 Å². The zero-order valence-corrected chi connectivity index (χ0v) is 14.2. The van der Waals surface area contributed by atoms with E-state index in [1.54, 1.807) is 30.3 Å². The highest BCUT2D eigenvalue weighted by molar-refractivity contribution is 9.10. The third-order valence-corrected chi connectivity index (χ3v) is 3.42. The highest BCUT2D eigenvalue weighted by Gasteiger charge is 2.12. The molecule has 0 spiro atoms. The zero-order chi connectivity index (χ0) is 17.5. The number of benzene rings is 2. The van der Waals surface area contributed by atoms with E-state index in [9.17, 15) is 14.7 Å². The number of nitrogens with zero attached hydrogens (tertiary/aromatic N) is 1. The minimum Gasteiger partial charge on any atom is -0.504 e. The predicted molar refractivity (Wildman–Crippen MR) is 93.2 cm³/mol. The van der Waals surface area contributed by atoms with Gasteiger partial charge in [0.05, 0.1) is 13.3 Å². The third kappa shape index (κ3) is 4.82. The number of aromatic hydroxyl groups is 1. The van der Waals surface area contributed by atoms with Gasteiger partial charge in [0.1, 0.15) is 0 Å². The Hall–Kier alpha value is -2.87. The van der Waals surface area contributed by atoms with Crippen molar-refractivity contribution in [1.82, 2.24) is 5.43 Å². The van der Waals surface area contributed by atoms with Gasteiger partial charge < -0.3 is 15.2 Å². The summed E-state index contributed by atoms with van der Waals surface area (Å²) in [7, 11) is 1.42. The number of hydrogen-bond donors (Lipinski definition) is 3. The van der Waals surface area contributed by atoms with Crippen LogP contribution >= 0.6 is 15.9 Å². The Kier molecular flexibility index (Phi) is 5.91. The van der Waals surface area contributed by atoms with Crippen LogP contribution in [0.5, 0.6) is 11.5 Å². The summed E-state index contributed by atoms with van der Waals surface area (Å²) in [6.45, 7) is 0. The van der Waals surface area contributed by atoms with E-state index in [0.717, 1.165) is 4.47 Å². The molecule has 8 heteroatoms. The molecular weight excluding hydrogens is 378 g/mol. The first-order valence-electron chi connectivity index (χ1n) is 6.76. The smallest absolute Gasteiger partial charge is 0.329 e. The maximum atomic E-state index is 11.7. The number of carbonyl (C=O) groups excluding carboxylic acids is 2. The molecule has 2 aromatic carbocycles. The molecule has 0 radical (unpaired) electrons. The summed E-state index contributed by atoms with van der Waals surface area (Å²) in [5.74, 6) is -1.47. The van der Waals surface area contributed by atoms with Crippen molar-refractivity contribution in [2.75, 3.05) is 12.4 Å². The number of anilines is 1. The molecule has 0 bridgehead atoms. The standard InChI is InChI=1S/C16H14BrN3O4/c1-24-14-8-10(2-7-13(14)21)9-18-20-16(23)15(22)19-12-5-3-11(17)4-6-12/h2-9,21H,1H3,(H,19,22)(H,20,23). The number of phenols is 1. The molecule has 7 nitrogen and oxygen atoms in total. The molecular formula is C16H14BrN3O4. The molecule has 0 aliphatic carbocycles.